The highest BCUT2D eigenvalue weighted by molar-refractivity contribution is 5.25. The van der Waals surface area contributed by atoms with Gasteiger partial charge in [-0.2, -0.15) is 0 Å². The SMILES string of the molecule is Cc1ccccc1CN(C)CCN1CCNCC1. The number of hydrogen-bond acceptors (Lipinski definition) is 3. The van der Waals surface area contributed by atoms with Crippen molar-refractivity contribution in [3.8, 4) is 0 Å². The molecule has 0 amide bonds. The standard InChI is InChI=1S/C15H25N3/c1-14-5-3-4-6-15(14)13-17(2)11-12-18-9-7-16-8-10-18/h3-6,16H,7-13H2,1-2H3. The quantitative estimate of drug-likeness (QED) is 0.847. The van der Waals surface area contributed by atoms with Gasteiger partial charge in [-0.15, -0.1) is 0 Å². The Bertz CT molecular complexity index is 359. The summed E-state index contributed by atoms with van der Waals surface area (Å²) in [4.78, 5) is 4.97. The van der Waals surface area contributed by atoms with Gasteiger partial charge in [0.1, 0.15) is 0 Å². The first-order chi connectivity index (χ1) is 8.75. The summed E-state index contributed by atoms with van der Waals surface area (Å²) in [5, 5.41) is 3.39. The van der Waals surface area contributed by atoms with Crippen LogP contribution >= 0.6 is 0 Å². The first kappa shape index (κ1) is 13.5. The van der Waals surface area contributed by atoms with E-state index in [1.807, 2.05) is 0 Å². The third-order valence-electron chi connectivity index (χ3n) is 3.71. The van der Waals surface area contributed by atoms with Gasteiger partial charge in [-0.05, 0) is 25.1 Å². The van der Waals surface area contributed by atoms with Crippen molar-refractivity contribution in [1.82, 2.24) is 15.1 Å². The molecule has 1 heterocycles. The van der Waals surface area contributed by atoms with Gasteiger partial charge in [0.15, 0.2) is 0 Å². The average molecular weight is 247 g/mol. The zero-order valence-corrected chi connectivity index (χ0v) is 11.7. The van der Waals surface area contributed by atoms with E-state index in [9.17, 15) is 0 Å². The minimum Gasteiger partial charge on any atom is -0.314 e. The molecule has 3 heteroatoms. The Hall–Kier alpha value is -0.900. The summed E-state index contributed by atoms with van der Waals surface area (Å²) in [5.41, 5.74) is 2.84. The smallest absolute Gasteiger partial charge is 0.0233 e. The Morgan fingerprint density at radius 2 is 1.94 bits per heavy atom. The van der Waals surface area contributed by atoms with Gasteiger partial charge in [0.2, 0.25) is 0 Å². The molecule has 0 aliphatic carbocycles. The molecular formula is C15H25N3. The molecule has 0 unspecified atom stereocenters. The molecule has 0 bridgehead atoms. The Balaban J connectivity index is 1.74. The van der Waals surface area contributed by atoms with Crippen molar-refractivity contribution in [3.63, 3.8) is 0 Å². The summed E-state index contributed by atoms with van der Waals surface area (Å²) in [5.74, 6) is 0. The minimum absolute atomic E-state index is 1.05. The maximum Gasteiger partial charge on any atom is 0.0233 e. The number of rotatable bonds is 5. The monoisotopic (exact) mass is 247 g/mol. The molecule has 1 aromatic rings. The Kier molecular flexibility index (Phi) is 5.17. The molecule has 1 fully saturated rings. The molecular weight excluding hydrogens is 222 g/mol. The van der Waals surface area contributed by atoms with Gasteiger partial charge in [-0.1, -0.05) is 24.3 Å². The zero-order valence-electron chi connectivity index (χ0n) is 11.7. The molecule has 1 N–H and O–H groups in total. The summed E-state index contributed by atoms with van der Waals surface area (Å²) in [6.07, 6.45) is 0. The molecule has 0 atom stereocenters. The van der Waals surface area contributed by atoms with E-state index in [0.717, 1.165) is 26.2 Å². The predicted octanol–water partition coefficient (Wildman–Crippen LogP) is 1.33. The second-order valence-corrected chi connectivity index (χ2v) is 5.26. The largest absolute Gasteiger partial charge is 0.314 e. The Labute approximate surface area is 111 Å². The second-order valence-electron chi connectivity index (χ2n) is 5.26. The average Bonchev–Trinajstić information content (AvgIpc) is 2.40. The van der Waals surface area contributed by atoms with Crippen LogP contribution in [0.5, 0.6) is 0 Å². The maximum atomic E-state index is 3.39. The molecule has 1 saturated heterocycles. The predicted molar refractivity (Wildman–Crippen MR) is 76.8 cm³/mol. The van der Waals surface area contributed by atoms with Crippen molar-refractivity contribution >= 4 is 0 Å². The van der Waals surface area contributed by atoms with Crippen molar-refractivity contribution in [1.29, 1.82) is 0 Å². The van der Waals surface area contributed by atoms with Crippen LogP contribution in [0.2, 0.25) is 0 Å². The topological polar surface area (TPSA) is 18.5 Å². The van der Waals surface area contributed by atoms with Gasteiger partial charge in [-0.3, -0.25) is 4.90 Å². The van der Waals surface area contributed by atoms with Crippen LogP contribution in [0.1, 0.15) is 11.1 Å². The lowest BCUT2D eigenvalue weighted by Crippen LogP contribution is -2.45. The van der Waals surface area contributed by atoms with Gasteiger partial charge in [-0.25, -0.2) is 0 Å². The zero-order chi connectivity index (χ0) is 12.8. The van der Waals surface area contributed by atoms with Gasteiger partial charge in [0.05, 0.1) is 0 Å². The van der Waals surface area contributed by atoms with E-state index in [2.05, 4.69) is 53.4 Å². The number of benzene rings is 1. The van der Waals surface area contributed by atoms with E-state index >= 15 is 0 Å². The molecule has 0 spiro atoms. The molecule has 1 aliphatic heterocycles. The highest BCUT2D eigenvalue weighted by atomic mass is 15.2. The molecule has 0 aromatic heterocycles. The summed E-state index contributed by atoms with van der Waals surface area (Å²) in [6, 6.07) is 8.67. The van der Waals surface area contributed by atoms with Crippen LogP contribution in [0, 0.1) is 6.92 Å². The molecule has 100 valence electrons. The van der Waals surface area contributed by atoms with Crippen molar-refractivity contribution in [3.05, 3.63) is 35.4 Å². The highest BCUT2D eigenvalue weighted by Gasteiger charge is 2.10. The van der Waals surface area contributed by atoms with Crippen molar-refractivity contribution in [2.45, 2.75) is 13.5 Å². The summed E-state index contributed by atoms with van der Waals surface area (Å²) >= 11 is 0. The molecule has 3 nitrogen and oxygen atoms in total. The van der Waals surface area contributed by atoms with Crippen LogP contribution in [0.15, 0.2) is 24.3 Å². The number of likely N-dealkylation sites (N-methyl/N-ethyl adjacent to an activating group) is 1. The lowest BCUT2D eigenvalue weighted by Gasteiger charge is -2.29. The van der Waals surface area contributed by atoms with Gasteiger partial charge < -0.3 is 10.2 Å². The highest BCUT2D eigenvalue weighted by Crippen LogP contribution is 2.09. The maximum absolute atomic E-state index is 3.39. The van der Waals surface area contributed by atoms with Crippen molar-refractivity contribution < 1.29 is 0 Å². The number of aryl methyl sites for hydroxylation is 1. The number of piperazine rings is 1. The van der Waals surface area contributed by atoms with Crippen LogP contribution in [0.4, 0.5) is 0 Å². The first-order valence-corrected chi connectivity index (χ1v) is 6.92. The third kappa shape index (κ3) is 4.09. The molecule has 1 aliphatic rings. The van der Waals surface area contributed by atoms with Crippen LogP contribution in [-0.4, -0.2) is 56.1 Å². The normalized spacial score (nSPS) is 17.3. The Morgan fingerprint density at radius 1 is 1.22 bits per heavy atom. The van der Waals surface area contributed by atoms with Gasteiger partial charge in [0, 0.05) is 45.8 Å². The lowest BCUT2D eigenvalue weighted by atomic mass is 10.1. The van der Waals surface area contributed by atoms with E-state index in [4.69, 9.17) is 0 Å². The van der Waals surface area contributed by atoms with E-state index in [0.29, 0.717) is 0 Å². The van der Waals surface area contributed by atoms with Gasteiger partial charge in [0.25, 0.3) is 0 Å². The summed E-state index contributed by atoms with van der Waals surface area (Å²) in [6.45, 7) is 10.2. The van der Waals surface area contributed by atoms with E-state index < -0.39 is 0 Å². The Morgan fingerprint density at radius 3 is 2.67 bits per heavy atom. The van der Waals surface area contributed by atoms with E-state index in [-0.39, 0.29) is 0 Å². The number of nitrogens with zero attached hydrogens (tertiary/aromatic N) is 2. The third-order valence-corrected chi connectivity index (χ3v) is 3.71. The summed E-state index contributed by atoms with van der Waals surface area (Å²) < 4.78 is 0. The first-order valence-electron chi connectivity index (χ1n) is 6.92. The molecule has 18 heavy (non-hydrogen) atoms. The van der Waals surface area contributed by atoms with Crippen LogP contribution in [0.3, 0.4) is 0 Å². The van der Waals surface area contributed by atoms with Crippen LogP contribution in [0.25, 0.3) is 0 Å². The number of hydrogen-bond donors (Lipinski definition) is 1. The fourth-order valence-electron chi connectivity index (χ4n) is 2.40. The fourth-order valence-corrected chi connectivity index (χ4v) is 2.40. The second kappa shape index (κ2) is 6.88. The number of nitrogens with one attached hydrogen (secondary N) is 1. The minimum atomic E-state index is 1.05. The van der Waals surface area contributed by atoms with E-state index in [1.165, 1.54) is 30.8 Å². The molecule has 1 aromatic carbocycles. The van der Waals surface area contributed by atoms with Crippen LogP contribution in [-0.2, 0) is 6.54 Å². The fraction of sp³-hybridized carbons (Fsp3) is 0.600. The van der Waals surface area contributed by atoms with Gasteiger partial charge >= 0.3 is 0 Å². The molecule has 0 radical (unpaired) electrons. The van der Waals surface area contributed by atoms with E-state index in [1.54, 1.807) is 0 Å². The van der Waals surface area contributed by atoms with Crippen molar-refractivity contribution in [2.24, 2.45) is 0 Å². The van der Waals surface area contributed by atoms with Crippen LogP contribution < -0.4 is 5.32 Å². The summed E-state index contributed by atoms with van der Waals surface area (Å²) in [7, 11) is 2.22. The molecule has 0 saturated carbocycles. The van der Waals surface area contributed by atoms with Crippen molar-refractivity contribution in [2.75, 3.05) is 46.3 Å². The lowest BCUT2D eigenvalue weighted by molar-refractivity contribution is 0.202. The molecule has 2 rings (SSSR count).